The quantitative estimate of drug-likeness (QED) is 0.0910. The summed E-state index contributed by atoms with van der Waals surface area (Å²) in [5.74, 6) is 0.852. The third kappa shape index (κ3) is 6.16. The van der Waals surface area contributed by atoms with Gasteiger partial charge in [-0.1, -0.05) is 97.4 Å². The molecule has 0 amide bonds. The maximum Gasteiger partial charge on any atom is 0.121 e. The standard InChI is InChI=1S/C28H17N2O.C14H18N3.Ir/c1-30-14-13-29-28(30)22-12-6-11-21-25-15-23-19-9-4-2-7-17(19)18-8-3-5-10-20(18)24(23)16-26(25)31-27(21)22;1-2-3-4-5-6-12-7-9-15-14(11-12)13-8-10-16-17-13;/h2-11,13-16H,1H3;7-11H,2-6H2,1H3;/q2*-1;. The van der Waals surface area contributed by atoms with Crippen LogP contribution in [0.15, 0.2) is 120 Å². The summed E-state index contributed by atoms with van der Waals surface area (Å²) in [7, 11) is 1.99. The monoisotopic (exact) mass is 818 g/mol. The Hall–Kier alpha value is -5.10. The fraction of sp³-hybridized carbons (Fsp3) is 0.167. The molecule has 9 aromatic rings. The molecule has 0 aliphatic rings. The molecule has 49 heavy (non-hydrogen) atoms. The number of hydrogen-bond acceptors (Lipinski definition) is 4. The Morgan fingerprint density at radius 1 is 0.714 bits per heavy atom. The van der Waals surface area contributed by atoms with E-state index in [0.717, 1.165) is 51.1 Å². The van der Waals surface area contributed by atoms with Crippen LogP contribution in [0.3, 0.4) is 0 Å². The summed E-state index contributed by atoms with van der Waals surface area (Å²) in [6.45, 7) is 2.23. The van der Waals surface area contributed by atoms with Crippen molar-refractivity contribution in [3.8, 4) is 22.8 Å². The fourth-order valence-electron chi connectivity index (χ4n) is 6.81. The van der Waals surface area contributed by atoms with Gasteiger partial charge in [0.25, 0.3) is 0 Å². The molecule has 0 aliphatic heterocycles. The van der Waals surface area contributed by atoms with Crippen LogP contribution in [0.1, 0.15) is 38.2 Å². The van der Waals surface area contributed by atoms with Gasteiger partial charge in [-0.2, -0.15) is 0 Å². The number of benzene rings is 5. The van der Waals surface area contributed by atoms with Gasteiger partial charge in [0.15, 0.2) is 0 Å². The Morgan fingerprint density at radius 2 is 1.45 bits per heavy atom. The Morgan fingerprint density at radius 3 is 2.12 bits per heavy atom. The topological polar surface area (TPSA) is 70.8 Å². The molecule has 7 heteroatoms. The molecular formula is C42H35IrN5O-2. The number of unbranched alkanes of at least 4 members (excludes halogenated alkanes) is 3. The van der Waals surface area contributed by atoms with Crippen LogP contribution in [0.2, 0.25) is 0 Å². The summed E-state index contributed by atoms with van der Waals surface area (Å²) < 4.78 is 8.44. The van der Waals surface area contributed by atoms with E-state index in [1.165, 1.54) is 63.6 Å². The first-order chi connectivity index (χ1) is 23.7. The number of aromatic nitrogens is 5. The number of imidazole rings is 1. The van der Waals surface area contributed by atoms with Crippen LogP contribution >= 0.6 is 0 Å². The second kappa shape index (κ2) is 14.2. The van der Waals surface area contributed by atoms with Crippen molar-refractivity contribution in [2.75, 3.05) is 0 Å². The average molecular weight is 818 g/mol. The Bertz CT molecular complexity index is 2530. The zero-order chi connectivity index (χ0) is 32.5. The minimum Gasteiger partial charge on any atom is -0.574 e. The first kappa shape index (κ1) is 32.4. The van der Waals surface area contributed by atoms with Crippen molar-refractivity contribution in [2.24, 2.45) is 7.05 Å². The molecule has 6 nitrogen and oxygen atoms in total. The number of nitrogens with zero attached hydrogens (tertiary/aromatic N) is 5. The predicted molar refractivity (Wildman–Crippen MR) is 196 cm³/mol. The van der Waals surface area contributed by atoms with Crippen molar-refractivity contribution in [2.45, 2.75) is 39.0 Å². The van der Waals surface area contributed by atoms with Crippen molar-refractivity contribution >= 4 is 54.3 Å². The van der Waals surface area contributed by atoms with Gasteiger partial charge in [-0.3, -0.25) is 9.97 Å². The number of rotatable bonds is 7. The van der Waals surface area contributed by atoms with E-state index in [1.807, 2.05) is 36.1 Å². The molecule has 0 atom stereocenters. The first-order valence-corrected chi connectivity index (χ1v) is 16.7. The molecule has 0 saturated heterocycles. The van der Waals surface area contributed by atoms with E-state index in [-0.39, 0.29) is 20.1 Å². The Kier molecular flexibility index (Phi) is 9.38. The predicted octanol–water partition coefficient (Wildman–Crippen LogP) is 10.5. The molecule has 4 heterocycles. The third-order valence-corrected chi connectivity index (χ3v) is 9.21. The summed E-state index contributed by atoms with van der Waals surface area (Å²) >= 11 is 0. The van der Waals surface area contributed by atoms with E-state index in [1.54, 1.807) is 12.4 Å². The summed E-state index contributed by atoms with van der Waals surface area (Å²) in [5.41, 5.74) is 5.73. The van der Waals surface area contributed by atoms with Gasteiger partial charge in [-0.15, -0.1) is 18.2 Å². The van der Waals surface area contributed by atoms with E-state index >= 15 is 0 Å². The van der Waals surface area contributed by atoms with Crippen LogP contribution in [0.25, 0.3) is 77.0 Å². The van der Waals surface area contributed by atoms with Crippen molar-refractivity contribution in [3.63, 3.8) is 0 Å². The third-order valence-electron chi connectivity index (χ3n) is 9.21. The normalized spacial score (nSPS) is 11.3. The van der Waals surface area contributed by atoms with Crippen LogP contribution in [-0.4, -0.2) is 19.6 Å². The summed E-state index contributed by atoms with van der Waals surface area (Å²) in [4.78, 5) is 8.84. The van der Waals surface area contributed by atoms with E-state index in [2.05, 4.69) is 112 Å². The number of fused-ring (bicyclic) bond motifs is 9. The van der Waals surface area contributed by atoms with Crippen LogP contribution in [0.4, 0.5) is 0 Å². The maximum absolute atomic E-state index is 6.45. The van der Waals surface area contributed by atoms with Crippen molar-refractivity contribution in [1.82, 2.24) is 24.7 Å². The van der Waals surface area contributed by atoms with Gasteiger partial charge in [-0.25, -0.2) is 0 Å². The Labute approximate surface area is 298 Å². The molecule has 0 fully saturated rings. The Balaban J connectivity index is 0.000000180. The van der Waals surface area contributed by atoms with Gasteiger partial charge in [0.05, 0.1) is 11.4 Å². The molecule has 4 aromatic heterocycles. The van der Waals surface area contributed by atoms with Crippen LogP contribution in [0, 0.1) is 6.07 Å². The molecule has 0 aliphatic carbocycles. The molecule has 1 radical (unpaired) electrons. The zero-order valence-electron chi connectivity index (χ0n) is 27.5. The smallest absolute Gasteiger partial charge is 0.121 e. The number of hydrogen-bond donors (Lipinski definition) is 0. The molecule has 0 spiro atoms. The van der Waals surface area contributed by atoms with E-state index < -0.39 is 0 Å². The molecule has 0 saturated carbocycles. The molecular weight excluding hydrogens is 783 g/mol. The number of pyridine rings is 1. The van der Waals surface area contributed by atoms with Crippen LogP contribution in [-0.2, 0) is 33.6 Å². The van der Waals surface area contributed by atoms with E-state index in [9.17, 15) is 0 Å². The molecule has 0 bridgehead atoms. The second-order valence-corrected chi connectivity index (χ2v) is 12.3. The molecule has 0 unspecified atom stereocenters. The molecule has 0 N–H and O–H groups in total. The zero-order valence-corrected chi connectivity index (χ0v) is 29.9. The number of furan rings is 1. The minimum atomic E-state index is 0. The fourth-order valence-corrected chi connectivity index (χ4v) is 6.81. The molecule has 245 valence electrons. The van der Waals surface area contributed by atoms with Crippen molar-refractivity contribution in [1.29, 1.82) is 0 Å². The van der Waals surface area contributed by atoms with E-state index in [4.69, 9.17) is 4.42 Å². The average Bonchev–Trinajstić information content (AvgIpc) is 3.91. The van der Waals surface area contributed by atoms with Gasteiger partial charge in [0.1, 0.15) is 5.58 Å². The second-order valence-electron chi connectivity index (χ2n) is 12.3. The number of aryl methyl sites for hydroxylation is 2. The largest absolute Gasteiger partial charge is 0.574 e. The van der Waals surface area contributed by atoms with Gasteiger partial charge in [-0.05, 0) is 75.0 Å². The van der Waals surface area contributed by atoms with Gasteiger partial charge in [0, 0.05) is 63.0 Å². The van der Waals surface area contributed by atoms with Crippen LogP contribution in [0.5, 0.6) is 0 Å². The molecule has 9 rings (SSSR count). The summed E-state index contributed by atoms with van der Waals surface area (Å²) in [5, 5.41) is 17.6. The maximum atomic E-state index is 6.45. The van der Waals surface area contributed by atoms with E-state index in [0.29, 0.717) is 0 Å². The first-order valence-electron chi connectivity index (χ1n) is 16.7. The van der Waals surface area contributed by atoms with Gasteiger partial charge in [0.2, 0.25) is 0 Å². The SMILES string of the molecule is CCCCCCc1ccnc(-c2ccn[n-]2)c1.Cn1ccnc1-c1[c-]ccc2c1oc1cc3c4ccccc4c4ccccc4c3cc12.[Ir]. The summed E-state index contributed by atoms with van der Waals surface area (Å²) in [6.07, 6.45) is 13.6. The van der Waals surface area contributed by atoms with Crippen molar-refractivity contribution in [3.05, 3.63) is 127 Å². The molecule has 5 aromatic carbocycles. The van der Waals surface area contributed by atoms with Gasteiger partial charge >= 0.3 is 0 Å². The minimum absolute atomic E-state index is 0. The summed E-state index contributed by atoms with van der Waals surface area (Å²) in [6, 6.07) is 35.2. The van der Waals surface area contributed by atoms with Crippen molar-refractivity contribution < 1.29 is 24.5 Å². The van der Waals surface area contributed by atoms with Gasteiger partial charge < -0.3 is 19.2 Å². The van der Waals surface area contributed by atoms with Crippen LogP contribution < -0.4 is 5.10 Å².